The Bertz CT molecular complexity index is 1020. The predicted octanol–water partition coefficient (Wildman–Crippen LogP) is 2.58. The summed E-state index contributed by atoms with van der Waals surface area (Å²) in [4.78, 5) is 30.8. The van der Waals surface area contributed by atoms with Crippen molar-refractivity contribution < 1.29 is 4.79 Å². The normalized spacial score (nSPS) is 17.3. The molecule has 7 heteroatoms. The van der Waals surface area contributed by atoms with Gasteiger partial charge >= 0.3 is 0 Å². The number of para-hydroxylation sites is 1. The SMILES string of the molecule is CN1CCC[C@H](NC(=O)c2cc(-c3cnc(N(C)C)nc3)nc3ccccc23)C1. The van der Waals surface area contributed by atoms with Gasteiger partial charge in [-0.2, -0.15) is 0 Å². The monoisotopic (exact) mass is 390 g/mol. The summed E-state index contributed by atoms with van der Waals surface area (Å²) in [6.07, 6.45) is 5.60. The fourth-order valence-electron chi connectivity index (χ4n) is 3.74. The summed E-state index contributed by atoms with van der Waals surface area (Å²) < 4.78 is 0. The van der Waals surface area contributed by atoms with Crippen LogP contribution in [-0.4, -0.2) is 66.0 Å². The lowest BCUT2D eigenvalue weighted by Crippen LogP contribution is -2.46. The molecule has 1 saturated heterocycles. The molecule has 150 valence electrons. The van der Waals surface area contributed by atoms with E-state index < -0.39 is 0 Å². The fraction of sp³-hybridized carbons (Fsp3) is 0.364. The second-order valence-corrected chi connectivity index (χ2v) is 7.81. The van der Waals surface area contributed by atoms with Gasteiger partial charge in [0.25, 0.3) is 5.91 Å². The van der Waals surface area contributed by atoms with Crippen molar-refractivity contribution in [2.24, 2.45) is 0 Å². The number of carbonyl (C=O) groups excluding carboxylic acids is 1. The van der Waals surface area contributed by atoms with E-state index in [0.717, 1.165) is 42.4 Å². The van der Waals surface area contributed by atoms with Crippen LogP contribution in [0.4, 0.5) is 5.95 Å². The van der Waals surface area contributed by atoms with E-state index in [1.54, 1.807) is 12.4 Å². The minimum atomic E-state index is -0.0593. The van der Waals surface area contributed by atoms with Crippen LogP contribution in [0.3, 0.4) is 0 Å². The maximum atomic E-state index is 13.2. The maximum Gasteiger partial charge on any atom is 0.252 e. The number of benzene rings is 1. The van der Waals surface area contributed by atoms with Crippen LogP contribution in [0.25, 0.3) is 22.2 Å². The molecule has 0 saturated carbocycles. The molecule has 3 aromatic rings. The largest absolute Gasteiger partial charge is 0.348 e. The third-order valence-corrected chi connectivity index (χ3v) is 5.25. The van der Waals surface area contributed by atoms with Crippen LogP contribution >= 0.6 is 0 Å². The molecule has 29 heavy (non-hydrogen) atoms. The molecule has 3 heterocycles. The van der Waals surface area contributed by atoms with E-state index in [-0.39, 0.29) is 11.9 Å². The van der Waals surface area contributed by atoms with Crippen LogP contribution in [0, 0.1) is 0 Å². The van der Waals surface area contributed by atoms with Gasteiger partial charge < -0.3 is 15.1 Å². The van der Waals surface area contributed by atoms with Gasteiger partial charge in [0.1, 0.15) is 0 Å². The number of anilines is 1. The van der Waals surface area contributed by atoms with Crippen LogP contribution in [0.1, 0.15) is 23.2 Å². The fourth-order valence-corrected chi connectivity index (χ4v) is 3.74. The van der Waals surface area contributed by atoms with E-state index in [1.807, 2.05) is 49.3 Å². The summed E-state index contributed by atoms with van der Waals surface area (Å²) in [5.41, 5.74) is 2.90. The van der Waals surface area contributed by atoms with E-state index in [9.17, 15) is 4.79 Å². The van der Waals surface area contributed by atoms with Gasteiger partial charge in [-0.15, -0.1) is 0 Å². The number of piperidine rings is 1. The molecule has 1 fully saturated rings. The molecule has 0 unspecified atom stereocenters. The molecule has 4 rings (SSSR count). The Balaban J connectivity index is 1.70. The first kappa shape index (κ1) is 19.3. The van der Waals surface area contributed by atoms with Gasteiger partial charge in [-0.1, -0.05) is 18.2 Å². The zero-order chi connectivity index (χ0) is 20.4. The molecule has 2 aromatic heterocycles. The second-order valence-electron chi connectivity index (χ2n) is 7.81. The molecular weight excluding hydrogens is 364 g/mol. The van der Waals surface area contributed by atoms with Crippen molar-refractivity contribution >= 4 is 22.8 Å². The Hall–Kier alpha value is -3.06. The Labute approximate surface area is 170 Å². The summed E-state index contributed by atoms with van der Waals surface area (Å²) in [5.74, 6) is 0.574. The van der Waals surface area contributed by atoms with E-state index in [2.05, 4.69) is 27.2 Å². The lowest BCUT2D eigenvalue weighted by atomic mass is 10.0. The van der Waals surface area contributed by atoms with E-state index in [0.29, 0.717) is 17.2 Å². The number of pyridine rings is 1. The first-order valence-electron chi connectivity index (χ1n) is 9.90. The lowest BCUT2D eigenvalue weighted by molar-refractivity contribution is 0.0914. The molecule has 1 N–H and O–H groups in total. The Morgan fingerprint density at radius 3 is 2.69 bits per heavy atom. The number of amides is 1. The van der Waals surface area contributed by atoms with Crippen LogP contribution in [-0.2, 0) is 0 Å². The van der Waals surface area contributed by atoms with Gasteiger partial charge in [0.15, 0.2) is 0 Å². The van der Waals surface area contributed by atoms with E-state index >= 15 is 0 Å². The summed E-state index contributed by atoms with van der Waals surface area (Å²) in [6, 6.07) is 9.75. The smallest absolute Gasteiger partial charge is 0.252 e. The maximum absolute atomic E-state index is 13.2. The summed E-state index contributed by atoms with van der Waals surface area (Å²) in [7, 11) is 5.89. The van der Waals surface area contributed by atoms with Gasteiger partial charge in [-0.05, 0) is 38.6 Å². The van der Waals surface area contributed by atoms with Gasteiger partial charge in [0.05, 0.1) is 16.8 Å². The Morgan fingerprint density at radius 1 is 1.21 bits per heavy atom. The van der Waals surface area contributed by atoms with Crippen LogP contribution in [0.15, 0.2) is 42.7 Å². The minimum absolute atomic E-state index is 0.0593. The molecule has 1 aliphatic heterocycles. The van der Waals surface area contributed by atoms with Crippen molar-refractivity contribution in [2.45, 2.75) is 18.9 Å². The van der Waals surface area contributed by atoms with Gasteiger partial charge in [0.2, 0.25) is 5.95 Å². The zero-order valence-electron chi connectivity index (χ0n) is 17.1. The predicted molar refractivity (Wildman–Crippen MR) is 115 cm³/mol. The summed E-state index contributed by atoms with van der Waals surface area (Å²) >= 11 is 0. The lowest BCUT2D eigenvalue weighted by Gasteiger charge is -2.30. The number of carbonyl (C=O) groups is 1. The number of aromatic nitrogens is 3. The van der Waals surface area contributed by atoms with Gasteiger partial charge in [0, 0.05) is 50.0 Å². The molecule has 1 aromatic carbocycles. The highest BCUT2D eigenvalue weighted by molar-refractivity contribution is 6.07. The number of fused-ring (bicyclic) bond motifs is 1. The highest BCUT2D eigenvalue weighted by Crippen LogP contribution is 2.25. The average Bonchev–Trinajstić information content (AvgIpc) is 2.73. The van der Waals surface area contributed by atoms with Crippen molar-refractivity contribution in [3.8, 4) is 11.3 Å². The topological polar surface area (TPSA) is 74.2 Å². The van der Waals surface area contributed by atoms with Gasteiger partial charge in [-0.25, -0.2) is 15.0 Å². The van der Waals surface area contributed by atoms with Crippen LogP contribution in [0.5, 0.6) is 0 Å². The minimum Gasteiger partial charge on any atom is -0.348 e. The van der Waals surface area contributed by atoms with Crippen LogP contribution in [0.2, 0.25) is 0 Å². The van der Waals surface area contributed by atoms with Crippen LogP contribution < -0.4 is 10.2 Å². The van der Waals surface area contributed by atoms with Crippen molar-refractivity contribution in [1.82, 2.24) is 25.2 Å². The van der Waals surface area contributed by atoms with Crippen molar-refractivity contribution in [3.63, 3.8) is 0 Å². The highest BCUT2D eigenvalue weighted by atomic mass is 16.1. The number of rotatable bonds is 4. The first-order valence-corrected chi connectivity index (χ1v) is 9.90. The molecule has 0 aliphatic carbocycles. The first-order chi connectivity index (χ1) is 14.0. The summed E-state index contributed by atoms with van der Waals surface area (Å²) in [5, 5.41) is 4.06. The number of hydrogen-bond donors (Lipinski definition) is 1. The zero-order valence-corrected chi connectivity index (χ0v) is 17.1. The molecule has 0 radical (unpaired) electrons. The third-order valence-electron chi connectivity index (χ3n) is 5.25. The van der Waals surface area contributed by atoms with E-state index in [4.69, 9.17) is 4.98 Å². The Morgan fingerprint density at radius 2 is 1.97 bits per heavy atom. The molecular formula is C22H26N6O. The third kappa shape index (κ3) is 4.19. The summed E-state index contributed by atoms with van der Waals surface area (Å²) in [6.45, 7) is 1.96. The molecule has 0 spiro atoms. The highest BCUT2D eigenvalue weighted by Gasteiger charge is 2.21. The van der Waals surface area contributed by atoms with E-state index in [1.165, 1.54) is 0 Å². The quantitative estimate of drug-likeness (QED) is 0.738. The molecule has 0 bridgehead atoms. The molecule has 7 nitrogen and oxygen atoms in total. The van der Waals surface area contributed by atoms with Crippen molar-refractivity contribution in [1.29, 1.82) is 0 Å². The number of nitrogens with zero attached hydrogens (tertiary/aromatic N) is 5. The van der Waals surface area contributed by atoms with Gasteiger partial charge in [-0.3, -0.25) is 4.79 Å². The van der Waals surface area contributed by atoms with Crippen molar-refractivity contribution in [2.75, 3.05) is 39.1 Å². The number of likely N-dealkylation sites (tertiary alicyclic amines) is 1. The Kier molecular flexibility index (Phi) is 5.40. The number of likely N-dealkylation sites (N-methyl/N-ethyl adjacent to an activating group) is 1. The van der Waals surface area contributed by atoms with Crippen molar-refractivity contribution in [3.05, 3.63) is 48.3 Å². The second kappa shape index (κ2) is 8.13. The number of nitrogens with one attached hydrogen (secondary N) is 1. The molecule has 1 amide bonds. The molecule has 1 aliphatic rings. The standard InChI is InChI=1S/C22H26N6O/c1-27(2)22-23-12-15(13-24-22)20-11-18(17-8-4-5-9-19(17)26-20)21(29)25-16-7-6-10-28(3)14-16/h4-5,8-9,11-13,16H,6-7,10,14H2,1-3H3,(H,25,29)/t16-/m0/s1. The number of hydrogen-bond acceptors (Lipinski definition) is 6. The average molecular weight is 390 g/mol. The molecule has 1 atom stereocenters.